The van der Waals surface area contributed by atoms with Crippen molar-refractivity contribution in [1.29, 1.82) is 0 Å². The number of hydrogen-bond acceptors (Lipinski definition) is 2. The molecule has 0 bridgehead atoms. The van der Waals surface area contributed by atoms with Gasteiger partial charge in [-0.1, -0.05) is 27.2 Å². The SMILES string of the molecule is CCC1CNC(C)(C)CN1C1CCCC1(C)C. The number of nitrogens with one attached hydrogen (secondary N) is 1. The van der Waals surface area contributed by atoms with E-state index in [1.807, 2.05) is 0 Å². The van der Waals surface area contributed by atoms with E-state index in [2.05, 4.69) is 44.8 Å². The van der Waals surface area contributed by atoms with Crippen LogP contribution in [0, 0.1) is 5.41 Å². The number of rotatable bonds is 2. The van der Waals surface area contributed by atoms with Crippen molar-refractivity contribution in [3.05, 3.63) is 0 Å². The maximum Gasteiger partial charge on any atom is 0.0253 e. The van der Waals surface area contributed by atoms with Crippen LogP contribution in [-0.4, -0.2) is 35.6 Å². The molecule has 2 aliphatic rings. The van der Waals surface area contributed by atoms with Gasteiger partial charge in [0.1, 0.15) is 0 Å². The maximum absolute atomic E-state index is 3.70. The second-order valence-corrected chi connectivity index (χ2v) is 7.40. The lowest BCUT2D eigenvalue weighted by molar-refractivity contribution is 0.0141. The van der Waals surface area contributed by atoms with Crippen molar-refractivity contribution in [2.45, 2.75) is 77.9 Å². The zero-order valence-corrected chi connectivity index (χ0v) is 12.3. The van der Waals surface area contributed by atoms with Crippen LogP contribution in [0.4, 0.5) is 0 Å². The molecule has 0 radical (unpaired) electrons. The minimum atomic E-state index is 0.282. The maximum atomic E-state index is 3.70. The monoisotopic (exact) mass is 238 g/mol. The molecule has 0 aromatic carbocycles. The van der Waals surface area contributed by atoms with Crippen LogP contribution in [-0.2, 0) is 0 Å². The Bertz CT molecular complexity index is 270. The largest absolute Gasteiger partial charge is 0.309 e. The van der Waals surface area contributed by atoms with E-state index in [4.69, 9.17) is 0 Å². The highest BCUT2D eigenvalue weighted by atomic mass is 15.3. The molecule has 2 heteroatoms. The fourth-order valence-corrected chi connectivity index (χ4v) is 3.82. The highest BCUT2D eigenvalue weighted by molar-refractivity contribution is 5.00. The standard InChI is InChI=1S/C15H30N2/c1-6-12-10-16-15(4,5)11-17(12)13-8-7-9-14(13,2)3/h12-13,16H,6-11H2,1-5H3. The van der Waals surface area contributed by atoms with E-state index >= 15 is 0 Å². The summed E-state index contributed by atoms with van der Waals surface area (Å²) in [6.07, 6.45) is 5.49. The zero-order valence-electron chi connectivity index (χ0n) is 12.3. The Kier molecular flexibility index (Phi) is 3.57. The van der Waals surface area contributed by atoms with Gasteiger partial charge in [-0.15, -0.1) is 0 Å². The molecule has 0 aromatic heterocycles. The summed E-state index contributed by atoms with van der Waals surface area (Å²) in [7, 11) is 0. The Morgan fingerprint density at radius 2 is 1.94 bits per heavy atom. The predicted octanol–water partition coefficient (Wildman–Crippen LogP) is 3.03. The molecule has 1 aliphatic carbocycles. The first-order valence-electron chi connectivity index (χ1n) is 7.36. The average Bonchev–Trinajstić information content (AvgIpc) is 2.57. The first kappa shape index (κ1) is 13.4. The van der Waals surface area contributed by atoms with Gasteiger partial charge in [-0.25, -0.2) is 0 Å². The summed E-state index contributed by atoms with van der Waals surface area (Å²) in [5.41, 5.74) is 0.797. The van der Waals surface area contributed by atoms with Gasteiger partial charge in [0.2, 0.25) is 0 Å². The van der Waals surface area contributed by atoms with Crippen molar-refractivity contribution >= 4 is 0 Å². The molecule has 0 aromatic rings. The molecule has 17 heavy (non-hydrogen) atoms. The fourth-order valence-electron chi connectivity index (χ4n) is 3.82. The lowest BCUT2D eigenvalue weighted by Crippen LogP contribution is -2.64. The number of hydrogen-bond donors (Lipinski definition) is 1. The molecule has 2 nitrogen and oxygen atoms in total. The number of nitrogens with zero attached hydrogens (tertiary/aromatic N) is 1. The third kappa shape index (κ3) is 2.68. The summed E-state index contributed by atoms with van der Waals surface area (Å²) < 4.78 is 0. The molecular formula is C15H30N2. The lowest BCUT2D eigenvalue weighted by atomic mass is 9.83. The summed E-state index contributed by atoms with van der Waals surface area (Å²) in [6, 6.07) is 1.54. The Balaban J connectivity index is 2.15. The van der Waals surface area contributed by atoms with Gasteiger partial charge in [0.25, 0.3) is 0 Å². The van der Waals surface area contributed by atoms with Gasteiger partial charge in [0.05, 0.1) is 0 Å². The van der Waals surface area contributed by atoms with E-state index in [9.17, 15) is 0 Å². The minimum absolute atomic E-state index is 0.282. The van der Waals surface area contributed by atoms with Crippen molar-refractivity contribution in [3.8, 4) is 0 Å². The molecular weight excluding hydrogens is 208 g/mol. The van der Waals surface area contributed by atoms with Gasteiger partial charge in [0, 0.05) is 30.7 Å². The van der Waals surface area contributed by atoms with Crippen molar-refractivity contribution in [2.75, 3.05) is 13.1 Å². The van der Waals surface area contributed by atoms with Crippen molar-refractivity contribution in [1.82, 2.24) is 10.2 Å². The molecule has 0 spiro atoms. The molecule has 2 rings (SSSR count). The van der Waals surface area contributed by atoms with E-state index in [1.54, 1.807) is 0 Å². The van der Waals surface area contributed by atoms with Crippen molar-refractivity contribution < 1.29 is 0 Å². The lowest BCUT2D eigenvalue weighted by Gasteiger charge is -2.50. The molecule has 2 atom stereocenters. The Labute approximate surface area is 107 Å². The topological polar surface area (TPSA) is 15.3 Å². The summed E-state index contributed by atoms with van der Waals surface area (Å²) in [6.45, 7) is 14.3. The van der Waals surface area contributed by atoms with Crippen LogP contribution < -0.4 is 5.32 Å². The van der Waals surface area contributed by atoms with Crippen LogP contribution in [0.15, 0.2) is 0 Å². The van der Waals surface area contributed by atoms with Gasteiger partial charge < -0.3 is 5.32 Å². The molecule has 1 aliphatic heterocycles. The van der Waals surface area contributed by atoms with Crippen LogP contribution >= 0.6 is 0 Å². The number of piperazine rings is 1. The molecule has 1 heterocycles. The van der Waals surface area contributed by atoms with Crippen molar-refractivity contribution in [2.24, 2.45) is 5.41 Å². The van der Waals surface area contributed by atoms with Crippen LogP contribution in [0.25, 0.3) is 0 Å². The summed E-state index contributed by atoms with van der Waals surface area (Å²) in [5.74, 6) is 0. The van der Waals surface area contributed by atoms with E-state index in [0.717, 1.165) is 18.6 Å². The summed E-state index contributed by atoms with van der Waals surface area (Å²) in [5, 5.41) is 3.70. The molecule has 0 amide bonds. The fraction of sp³-hybridized carbons (Fsp3) is 1.00. The van der Waals surface area contributed by atoms with Crippen molar-refractivity contribution in [3.63, 3.8) is 0 Å². The van der Waals surface area contributed by atoms with Crippen LogP contribution in [0.5, 0.6) is 0 Å². The van der Waals surface area contributed by atoms with E-state index < -0.39 is 0 Å². The van der Waals surface area contributed by atoms with Gasteiger partial charge in [-0.2, -0.15) is 0 Å². The zero-order chi connectivity index (χ0) is 12.7. The first-order chi connectivity index (χ1) is 7.86. The third-order valence-electron chi connectivity index (χ3n) is 4.94. The van der Waals surface area contributed by atoms with Crippen LogP contribution in [0.3, 0.4) is 0 Å². The minimum Gasteiger partial charge on any atom is -0.309 e. The van der Waals surface area contributed by atoms with Crippen LogP contribution in [0.1, 0.15) is 60.3 Å². The molecule has 2 fully saturated rings. The molecule has 1 N–H and O–H groups in total. The van der Waals surface area contributed by atoms with Gasteiger partial charge >= 0.3 is 0 Å². The van der Waals surface area contributed by atoms with Gasteiger partial charge in [0.15, 0.2) is 0 Å². The normalized spacial score (nSPS) is 37.2. The van der Waals surface area contributed by atoms with Crippen LogP contribution in [0.2, 0.25) is 0 Å². The Hall–Kier alpha value is -0.0800. The average molecular weight is 238 g/mol. The molecule has 100 valence electrons. The summed E-state index contributed by atoms with van der Waals surface area (Å²) in [4.78, 5) is 2.82. The highest BCUT2D eigenvalue weighted by Crippen LogP contribution is 2.42. The van der Waals surface area contributed by atoms with Gasteiger partial charge in [-0.05, 0) is 38.5 Å². The Morgan fingerprint density at radius 3 is 2.47 bits per heavy atom. The van der Waals surface area contributed by atoms with E-state index in [0.29, 0.717) is 5.41 Å². The van der Waals surface area contributed by atoms with E-state index in [1.165, 1.54) is 32.2 Å². The quantitative estimate of drug-likeness (QED) is 0.795. The summed E-state index contributed by atoms with van der Waals surface area (Å²) >= 11 is 0. The first-order valence-corrected chi connectivity index (χ1v) is 7.36. The Morgan fingerprint density at radius 1 is 1.24 bits per heavy atom. The van der Waals surface area contributed by atoms with E-state index in [-0.39, 0.29) is 5.54 Å². The van der Waals surface area contributed by atoms with Gasteiger partial charge in [-0.3, -0.25) is 4.90 Å². The second-order valence-electron chi connectivity index (χ2n) is 7.40. The highest BCUT2D eigenvalue weighted by Gasteiger charge is 2.43. The molecule has 1 saturated heterocycles. The third-order valence-corrected chi connectivity index (χ3v) is 4.94. The second kappa shape index (κ2) is 4.55. The smallest absolute Gasteiger partial charge is 0.0253 e. The predicted molar refractivity (Wildman–Crippen MR) is 74.3 cm³/mol. The molecule has 1 saturated carbocycles. The molecule has 2 unspecified atom stereocenters.